The lowest BCUT2D eigenvalue weighted by atomic mass is 9.88. The van der Waals surface area contributed by atoms with E-state index in [4.69, 9.17) is 0 Å². The van der Waals surface area contributed by atoms with Gasteiger partial charge in [0, 0.05) is 30.8 Å². The Morgan fingerprint density at radius 2 is 2.00 bits per heavy atom. The number of rotatable bonds is 7. The molecule has 0 bridgehead atoms. The Labute approximate surface area is 122 Å². The molecule has 0 amide bonds. The van der Waals surface area contributed by atoms with E-state index in [1.165, 1.54) is 0 Å². The van der Waals surface area contributed by atoms with Crippen LogP contribution in [0.1, 0.15) is 32.6 Å². The number of likely N-dealkylation sites (N-methyl/N-ethyl adjacent to an activating group) is 1. The van der Waals surface area contributed by atoms with Crippen LogP contribution in [0.3, 0.4) is 0 Å². The van der Waals surface area contributed by atoms with E-state index in [1.807, 2.05) is 6.92 Å². The van der Waals surface area contributed by atoms with Gasteiger partial charge in [-0.25, -0.2) is 13.0 Å². The van der Waals surface area contributed by atoms with Crippen molar-refractivity contribution in [3.63, 3.8) is 0 Å². The molecule has 0 spiro atoms. The molecule has 0 saturated heterocycles. The third-order valence-electron chi connectivity index (χ3n) is 3.53. The number of halogens is 2. The van der Waals surface area contributed by atoms with Crippen LogP contribution in [0.15, 0.2) is 37.1 Å². The Hall–Kier alpha value is -0.970. The number of nitrogens with zero attached hydrogens (tertiary/aromatic N) is 1. The monoisotopic (exact) mass is 303 g/mol. The van der Waals surface area contributed by atoms with Crippen molar-refractivity contribution in [2.75, 3.05) is 12.3 Å². The fourth-order valence-corrected chi connectivity index (χ4v) is 3.95. The van der Waals surface area contributed by atoms with Gasteiger partial charge in [0.1, 0.15) is 11.0 Å². The van der Waals surface area contributed by atoms with Crippen molar-refractivity contribution in [2.24, 2.45) is 5.92 Å². The van der Waals surface area contributed by atoms with Crippen molar-refractivity contribution in [1.29, 1.82) is 0 Å². The molecule has 0 heterocycles. The maximum atomic E-state index is 13.1. The average Bonchev–Trinajstić information content (AvgIpc) is 2.41. The molecule has 0 aliphatic heterocycles. The molecule has 114 valence electrons. The minimum Gasteiger partial charge on any atom is -0.292 e. The smallest absolute Gasteiger partial charge is 0.248 e. The van der Waals surface area contributed by atoms with E-state index >= 15 is 0 Å². The van der Waals surface area contributed by atoms with Gasteiger partial charge < -0.3 is 0 Å². The number of hydrogen-bond donors (Lipinski definition) is 0. The summed E-state index contributed by atoms with van der Waals surface area (Å²) in [6.07, 6.45) is 5.74. The molecular formula is C15H23F2NOS. The molecule has 5 heteroatoms. The highest BCUT2D eigenvalue weighted by molar-refractivity contribution is 7.82. The highest BCUT2D eigenvalue weighted by Crippen LogP contribution is 2.36. The molecule has 20 heavy (non-hydrogen) atoms. The van der Waals surface area contributed by atoms with Gasteiger partial charge in [-0.3, -0.25) is 4.31 Å². The quantitative estimate of drug-likeness (QED) is 0.650. The van der Waals surface area contributed by atoms with Gasteiger partial charge in [-0.2, -0.15) is 0 Å². The predicted molar refractivity (Wildman–Crippen MR) is 80.8 cm³/mol. The molecule has 0 aromatic heterocycles. The number of allylic oxidation sites excluding steroid dienone is 3. The zero-order chi connectivity index (χ0) is 15.2. The van der Waals surface area contributed by atoms with Crippen LogP contribution in [0.2, 0.25) is 0 Å². The first kappa shape index (κ1) is 17.1. The van der Waals surface area contributed by atoms with Gasteiger partial charge in [0.2, 0.25) is 5.92 Å². The van der Waals surface area contributed by atoms with Gasteiger partial charge in [0.15, 0.2) is 0 Å². The summed E-state index contributed by atoms with van der Waals surface area (Å²) in [6, 6.07) is 0. The fraction of sp³-hybridized carbons (Fsp3) is 0.600. The van der Waals surface area contributed by atoms with Crippen LogP contribution in [0.25, 0.3) is 0 Å². The van der Waals surface area contributed by atoms with E-state index in [1.54, 1.807) is 22.5 Å². The molecule has 1 rings (SSSR count). The van der Waals surface area contributed by atoms with Crippen LogP contribution in [0.5, 0.6) is 0 Å². The zero-order valence-electron chi connectivity index (χ0n) is 12.0. The minimum atomic E-state index is -2.53. The Morgan fingerprint density at radius 1 is 1.40 bits per heavy atom. The summed E-state index contributed by atoms with van der Waals surface area (Å²) in [5.74, 6) is -1.98. The van der Waals surface area contributed by atoms with Crippen molar-refractivity contribution in [3.05, 3.63) is 37.1 Å². The fourth-order valence-electron chi connectivity index (χ4n) is 2.38. The van der Waals surface area contributed by atoms with Gasteiger partial charge in [-0.1, -0.05) is 19.2 Å². The van der Waals surface area contributed by atoms with E-state index in [9.17, 15) is 13.0 Å². The molecule has 0 aromatic rings. The van der Waals surface area contributed by atoms with Crippen LogP contribution >= 0.6 is 0 Å². The van der Waals surface area contributed by atoms with Crippen LogP contribution in [0, 0.1) is 5.92 Å². The van der Waals surface area contributed by atoms with E-state index in [2.05, 4.69) is 13.2 Å². The van der Waals surface area contributed by atoms with Crippen molar-refractivity contribution in [1.82, 2.24) is 4.31 Å². The molecule has 2 nitrogen and oxygen atoms in total. The second-order valence-corrected chi connectivity index (χ2v) is 6.43. The Balaban J connectivity index is 2.62. The van der Waals surface area contributed by atoms with Crippen LogP contribution in [-0.4, -0.2) is 26.7 Å². The summed E-state index contributed by atoms with van der Waals surface area (Å²) in [4.78, 5) is 0. The van der Waals surface area contributed by atoms with Crippen LogP contribution < -0.4 is 0 Å². The van der Waals surface area contributed by atoms with Gasteiger partial charge >= 0.3 is 0 Å². The SMILES string of the molecule is C=C/C=C(\C=C)N(CC)S(=O)CC1CCC(F)(F)CC1. The van der Waals surface area contributed by atoms with Crippen LogP contribution in [-0.2, 0) is 11.0 Å². The summed E-state index contributed by atoms with van der Waals surface area (Å²) in [7, 11) is -1.21. The molecule has 0 radical (unpaired) electrons. The Kier molecular flexibility index (Phi) is 6.59. The molecule has 1 saturated carbocycles. The molecule has 1 aliphatic rings. The van der Waals surface area contributed by atoms with Crippen molar-refractivity contribution >= 4 is 11.0 Å². The second kappa shape index (κ2) is 7.72. The summed E-state index contributed by atoms with van der Waals surface area (Å²) in [5.41, 5.74) is 0.752. The standard InChI is InChI=1S/C15H23F2NOS/c1-4-7-14(5-2)18(6-3)20(19)12-13-8-10-15(16,17)11-9-13/h4-5,7,13H,1-2,6,8-12H2,3H3/b14-7+. The minimum absolute atomic E-state index is 0.0855. The molecule has 0 N–H and O–H groups in total. The molecular weight excluding hydrogens is 280 g/mol. The van der Waals surface area contributed by atoms with E-state index in [0.717, 1.165) is 5.70 Å². The first-order valence-electron chi connectivity index (χ1n) is 6.92. The zero-order valence-corrected chi connectivity index (χ0v) is 12.8. The lowest BCUT2D eigenvalue weighted by Crippen LogP contribution is -2.32. The lowest BCUT2D eigenvalue weighted by molar-refractivity contribution is -0.0434. The van der Waals surface area contributed by atoms with E-state index < -0.39 is 16.9 Å². The Morgan fingerprint density at radius 3 is 2.45 bits per heavy atom. The van der Waals surface area contributed by atoms with Gasteiger partial charge in [0.05, 0.1) is 0 Å². The number of hydrogen-bond acceptors (Lipinski definition) is 1. The summed E-state index contributed by atoms with van der Waals surface area (Å²) < 4.78 is 40.4. The van der Waals surface area contributed by atoms with Gasteiger partial charge in [0.25, 0.3) is 0 Å². The summed E-state index contributed by atoms with van der Waals surface area (Å²) in [5, 5.41) is 0. The summed E-state index contributed by atoms with van der Waals surface area (Å²) >= 11 is 0. The van der Waals surface area contributed by atoms with E-state index in [0.29, 0.717) is 25.1 Å². The molecule has 1 fully saturated rings. The normalized spacial score (nSPS) is 21.2. The molecule has 1 atom stereocenters. The first-order chi connectivity index (χ1) is 9.43. The molecule has 1 unspecified atom stereocenters. The molecule has 0 aromatic carbocycles. The third kappa shape index (κ3) is 4.85. The lowest BCUT2D eigenvalue weighted by Gasteiger charge is -2.30. The largest absolute Gasteiger partial charge is 0.292 e. The van der Waals surface area contributed by atoms with Crippen molar-refractivity contribution < 1.29 is 13.0 Å². The topological polar surface area (TPSA) is 20.3 Å². The summed E-state index contributed by atoms with van der Waals surface area (Å²) in [6.45, 7) is 9.82. The van der Waals surface area contributed by atoms with Gasteiger partial charge in [-0.05, 0) is 37.8 Å². The highest BCUT2D eigenvalue weighted by atomic mass is 32.2. The average molecular weight is 303 g/mol. The molecule has 1 aliphatic carbocycles. The first-order valence-corrected chi connectivity index (χ1v) is 8.20. The number of alkyl halides is 2. The van der Waals surface area contributed by atoms with E-state index in [-0.39, 0.29) is 18.8 Å². The second-order valence-electron chi connectivity index (χ2n) is 5.01. The third-order valence-corrected chi connectivity index (χ3v) is 5.25. The predicted octanol–water partition coefficient (Wildman–Crippen LogP) is 4.05. The maximum absolute atomic E-state index is 13.1. The van der Waals surface area contributed by atoms with Gasteiger partial charge in [-0.15, -0.1) is 0 Å². The highest BCUT2D eigenvalue weighted by Gasteiger charge is 2.35. The van der Waals surface area contributed by atoms with Crippen molar-refractivity contribution in [3.8, 4) is 0 Å². The maximum Gasteiger partial charge on any atom is 0.248 e. The Bertz CT molecular complexity index is 397. The van der Waals surface area contributed by atoms with Crippen molar-refractivity contribution in [2.45, 2.75) is 38.5 Å². The van der Waals surface area contributed by atoms with Crippen LogP contribution in [0.4, 0.5) is 8.78 Å².